The van der Waals surface area contributed by atoms with Crippen molar-refractivity contribution in [3.63, 3.8) is 0 Å². The van der Waals surface area contributed by atoms with Crippen molar-refractivity contribution in [2.24, 2.45) is 0 Å². The van der Waals surface area contributed by atoms with E-state index < -0.39 is 5.91 Å². The van der Waals surface area contributed by atoms with Crippen molar-refractivity contribution < 1.29 is 19.5 Å². The van der Waals surface area contributed by atoms with Crippen LogP contribution in [0.15, 0.2) is 90.5 Å². The maximum atomic E-state index is 11.7. The molecular weight excluding hydrogens is 498 g/mol. The molecule has 0 aliphatic carbocycles. The van der Waals surface area contributed by atoms with E-state index in [0.717, 1.165) is 48.8 Å². The van der Waals surface area contributed by atoms with Gasteiger partial charge in [-0.2, -0.15) is 0 Å². The van der Waals surface area contributed by atoms with E-state index in [-0.39, 0.29) is 0 Å². The van der Waals surface area contributed by atoms with Gasteiger partial charge in [-0.15, -0.1) is 0 Å². The molecule has 3 N–H and O–H groups in total. The number of benzene rings is 4. The number of ether oxygens (including phenoxy) is 2. The summed E-state index contributed by atoms with van der Waals surface area (Å²) in [5.74, 6) is 1.12. The molecule has 38 heavy (non-hydrogen) atoms. The third-order valence-electron chi connectivity index (χ3n) is 6.14. The molecule has 0 radical (unpaired) electrons. The quantitative estimate of drug-likeness (QED) is 0.142. The number of aromatic nitrogens is 1. The van der Waals surface area contributed by atoms with Gasteiger partial charge in [-0.25, -0.2) is 10.5 Å². The van der Waals surface area contributed by atoms with Gasteiger partial charge in [-0.05, 0) is 52.9 Å². The number of carbonyl (C=O) groups excluding carboxylic acids is 1. The van der Waals surface area contributed by atoms with Gasteiger partial charge in [0.15, 0.2) is 5.13 Å². The fourth-order valence-corrected chi connectivity index (χ4v) is 5.04. The summed E-state index contributed by atoms with van der Waals surface area (Å²) in [5, 5.41) is 15.4. The van der Waals surface area contributed by atoms with Crippen molar-refractivity contribution in [1.29, 1.82) is 0 Å². The van der Waals surface area contributed by atoms with Crippen molar-refractivity contribution in [1.82, 2.24) is 10.5 Å². The summed E-state index contributed by atoms with van der Waals surface area (Å²) in [6.45, 7) is 1.08. The molecule has 0 spiro atoms. The summed E-state index contributed by atoms with van der Waals surface area (Å²) < 4.78 is 12.6. The molecule has 7 nitrogen and oxygen atoms in total. The number of amides is 1. The van der Waals surface area contributed by atoms with Crippen LogP contribution in [-0.2, 0) is 0 Å². The third kappa shape index (κ3) is 5.94. The first-order valence-electron chi connectivity index (χ1n) is 12.2. The summed E-state index contributed by atoms with van der Waals surface area (Å²) in [4.78, 5) is 16.4. The predicted octanol–water partition coefficient (Wildman–Crippen LogP) is 6.54. The third-order valence-corrected chi connectivity index (χ3v) is 7.11. The Kier molecular flexibility index (Phi) is 7.82. The maximum absolute atomic E-state index is 11.7. The second-order valence-electron chi connectivity index (χ2n) is 8.65. The number of hydroxylamine groups is 1. The van der Waals surface area contributed by atoms with E-state index in [1.807, 2.05) is 54.6 Å². The molecule has 5 aromatic rings. The van der Waals surface area contributed by atoms with E-state index in [0.29, 0.717) is 25.1 Å². The summed E-state index contributed by atoms with van der Waals surface area (Å²) >= 11 is 1.58. The minimum absolute atomic E-state index is 0.383. The molecule has 0 saturated carbocycles. The molecule has 4 aromatic carbocycles. The first-order valence-corrected chi connectivity index (χ1v) is 13.0. The molecule has 1 aromatic heterocycles. The zero-order chi connectivity index (χ0) is 26.3. The summed E-state index contributed by atoms with van der Waals surface area (Å²) in [6, 6.07) is 27.1. The number of hydrogen-bond acceptors (Lipinski definition) is 7. The summed E-state index contributed by atoms with van der Waals surface area (Å²) in [6.07, 6.45) is 2.77. The van der Waals surface area contributed by atoms with Crippen LogP contribution in [0.3, 0.4) is 0 Å². The van der Waals surface area contributed by atoms with Gasteiger partial charge in [-0.1, -0.05) is 65.9 Å². The van der Waals surface area contributed by atoms with Gasteiger partial charge in [0, 0.05) is 23.9 Å². The van der Waals surface area contributed by atoms with Crippen LogP contribution in [0.25, 0.3) is 27.1 Å². The first kappa shape index (κ1) is 25.3. The number of thiazole rings is 1. The number of fused-ring (bicyclic) bond motifs is 2. The van der Waals surface area contributed by atoms with Crippen molar-refractivity contribution in [3.8, 4) is 11.5 Å². The van der Waals surface area contributed by atoms with Crippen LogP contribution in [0.5, 0.6) is 11.5 Å². The molecule has 0 atom stereocenters. The van der Waals surface area contributed by atoms with Crippen LogP contribution in [-0.4, -0.2) is 36.4 Å². The average molecular weight is 526 g/mol. The molecule has 0 bridgehead atoms. The minimum Gasteiger partial charge on any atom is -0.497 e. The fourth-order valence-electron chi connectivity index (χ4n) is 4.15. The largest absolute Gasteiger partial charge is 0.497 e. The standard InChI is InChI=1S/C30H27N3O4S/c1-36-24-13-14-26-28(18-24)38-30(32-26)31-19-21(17-20-9-11-23(12-10-20)29(34)33-35)15-16-37-27-8-4-6-22-5-2-3-7-25(22)27/h2-14,17-18,35H,15-16,19H2,1H3,(H,31,32)(H,33,34)/b21-17+. The molecule has 0 aliphatic rings. The number of nitrogens with one attached hydrogen (secondary N) is 2. The van der Waals surface area contributed by atoms with Crippen molar-refractivity contribution in [3.05, 3.63) is 102 Å². The smallest absolute Gasteiger partial charge is 0.274 e. The normalized spacial score (nSPS) is 11.5. The summed E-state index contributed by atoms with van der Waals surface area (Å²) in [5.41, 5.74) is 5.01. The van der Waals surface area contributed by atoms with Crippen LogP contribution in [0.4, 0.5) is 5.13 Å². The summed E-state index contributed by atoms with van der Waals surface area (Å²) in [7, 11) is 1.65. The molecule has 0 unspecified atom stereocenters. The number of rotatable bonds is 10. The van der Waals surface area contributed by atoms with Gasteiger partial charge in [-0.3, -0.25) is 10.0 Å². The Balaban J connectivity index is 1.33. The highest BCUT2D eigenvalue weighted by molar-refractivity contribution is 7.22. The van der Waals surface area contributed by atoms with Crippen LogP contribution in [0.2, 0.25) is 0 Å². The van der Waals surface area contributed by atoms with E-state index in [1.54, 1.807) is 36.1 Å². The zero-order valence-corrected chi connectivity index (χ0v) is 21.6. The van der Waals surface area contributed by atoms with Crippen LogP contribution >= 0.6 is 11.3 Å². The highest BCUT2D eigenvalue weighted by Gasteiger charge is 2.08. The second-order valence-corrected chi connectivity index (χ2v) is 9.68. The number of hydrogen-bond donors (Lipinski definition) is 3. The van der Waals surface area contributed by atoms with Gasteiger partial charge < -0.3 is 14.8 Å². The highest BCUT2D eigenvalue weighted by atomic mass is 32.1. The molecular formula is C30H27N3O4S. The van der Waals surface area contributed by atoms with E-state index in [2.05, 4.69) is 29.6 Å². The Morgan fingerprint density at radius 3 is 2.66 bits per heavy atom. The topological polar surface area (TPSA) is 92.7 Å². The van der Waals surface area contributed by atoms with Gasteiger partial charge in [0.2, 0.25) is 0 Å². The molecule has 0 aliphatic heterocycles. The predicted molar refractivity (Wildman–Crippen MR) is 152 cm³/mol. The van der Waals surface area contributed by atoms with Crippen LogP contribution in [0.1, 0.15) is 22.3 Å². The van der Waals surface area contributed by atoms with E-state index >= 15 is 0 Å². The van der Waals surface area contributed by atoms with Crippen LogP contribution in [0, 0.1) is 0 Å². The molecule has 192 valence electrons. The molecule has 1 amide bonds. The van der Waals surface area contributed by atoms with Gasteiger partial charge in [0.25, 0.3) is 5.91 Å². The monoisotopic (exact) mass is 525 g/mol. The zero-order valence-electron chi connectivity index (χ0n) is 20.8. The lowest BCUT2D eigenvalue weighted by atomic mass is 10.1. The van der Waals surface area contributed by atoms with Gasteiger partial charge in [0.1, 0.15) is 11.5 Å². The molecule has 0 saturated heterocycles. The van der Waals surface area contributed by atoms with E-state index in [9.17, 15) is 4.79 Å². The Morgan fingerprint density at radius 1 is 1.03 bits per heavy atom. The van der Waals surface area contributed by atoms with E-state index in [1.165, 1.54) is 0 Å². The van der Waals surface area contributed by atoms with Crippen molar-refractivity contribution in [2.75, 3.05) is 25.6 Å². The van der Waals surface area contributed by atoms with Crippen molar-refractivity contribution >= 4 is 49.4 Å². The molecule has 0 fully saturated rings. The highest BCUT2D eigenvalue weighted by Crippen LogP contribution is 2.30. The van der Waals surface area contributed by atoms with Gasteiger partial charge >= 0.3 is 0 Å². The SMILES string of the molecule is COc1ccc2nc(NC/C(=C/c3ccc(C(=O)NO)cc3)CCOc3cccc4ccccc34)sc2c1. The number of anilines is 1. The molecule has 5 rings (SSSR count). The average Bonchev–Trinajstić information content (AvgIpc) is 3.38. The lowest BCUT2D eigenvalue weighted by molar-refractivity contribution is 0.0706. The second kappa shape index (κ2) is 11.8. The maximum Gasteiger partial charge on any atom is 0.274 e. The first-order chi connectivity index (χ1) is 18.6. The lowest BCUT2D eigenvalue weighted by Crippen LogP contribution is -2.18. The number of carbonyl (C=O) groups is 1. The number of methoxy groups -OCH3 is 1. The Hall–Kier alpha value is -4.40. The Morgan fingerprint density at radius 2 is 1.84 bits per heavy atom. The fraction of sp³-hybridized carbons (Fsp3) is 0.133. The van der Waals surface area contributed by atoms with Crippen LogP contribution < -0.4 is 20.3 Å². The van der Waals surface area contributed by atoms with Gasteiger partial charge in [0.05, 0.1) is 23.9 Å². The lowest BCUT2D eigenvalue weighted by Gasteiger charge is -2.12. The molecule has 8 heteroatoms. The Labute approximate surface area is 224 Å². The van der Waals surface area contributed by atoms with Crippen molar-refractivity contribution in [2.45, 2.75) is 6.42 Å². The Bertz CT molecular complexity index is 1590. The molecule has 1 heterocycles. The number of nitrogens with zero attached hydrogens (tertiary/aromatic N) is 1. The van der Waals surface area contributed by atoms with E-state index in [4.69, 9.17) is 19.7 Å². The minimum atomic E-state index is -0.543.